The Labute approximate surface area is 193 Å². The molecule has 0 radical (unpaired) electrons. The van der Waals surface area contributed by atoms with Crippen LogP contribution in [-0.2, 0) is 24.5 Å². The zero-order valence-electron chi connectivity index (χ0n) is 19.4. The zero-order chi connectivity index (χ0) is 23.4. The molecule has 0 aromatic carbocycles. The number of halogens is 1. The molecule has 1 saturated heterocycles. The summed E-state index contributed by atoms with van der Waals surface area (Å²) in [4.78, 5) is 21.2. The summed E-state index contributed by atoms with van der Waals surface area (Å²) >= 11 is 6.17. The van der Waals surface area contributed by atoms with Crippen molar-refractivity contribution < 1.29 is 23.7 Å². The van der Waals surface area contributed by atoms with Gasteiger partial charge in [-0.3, -0.25) is 0 Å². The maximum absolute atomic E-state index is 12.5. The monoisotopic (exact) mass is 468 g/mol. The molecule has 0 bridgehead atoms. The van der Waals surface area contributed by atoms with E-state index in [-0.39, 0.29) is 5.28 Å². The summed E-state index contributed by atoms with van der Waals surface area (Å²) < 4.78 is 25.1. The van der Waals surface area contributed by atoms with Gasteiger partial charge in [0.15, 0.2) is 6.29 Å². The number of carbonyl (C=O) groups is 1. The van der Waals surface area contributed by atoms with Crippen molar-refractivity contribution in [2.45, 2.75) is 64.9 Å². The summed E-state index contributed by atoms with van der Waals surface area (Å²) in [6.45, 7) is 11.7. The van der Waals surface area contributed by atoms with E-state index in [0.29, 0.717) is 51.5 Å². The summed E-state index contributed by atoms with van der Waals surface area (Å²) in [7, 11) is 0. The SMILES string of the molecule is CCOC(OCC)c1cc2cnc(Cl)nc2n1C1(CNC(=O)OC(C)(C)C)CCOCC1. The van der Waals surface area contributed by atoms with Crippen molar-refractivity contribution >= 4 is 28.7 Å². The fourth-order valence-electron chi connectivity index (χ4n) is 3.96. The van der Waals surface area contributed by atoms with E-state index in [1.165, 1.54) is 0 Å². The van der Waals surface area contributed by atoms with Crippen LogP contribution in [0.15, 0.2) is 12.3 Å². The van der Waals surface area contributed by atoms with Gasteiger partial charge < -0.3 is 28.8 Å². The number of nitrogens with one attached hydrogen (secondary N) is 1. The van der Waals surface area contributed by atoms with Crippen LogP contribution in [0, 0.1) is 0 Å². The molecule has 9 nitrogen and oxygen atoms in total. The van der Waals surface area contributed by atoms with E-state index in [1.54, 1.807) is 6.20 Å². The Morgan fingerprint density at radius 1 is 1.28 bits per heavy atom. The molecule has 1 fully saturated rings. The van der Waals surface area contributed by atoms with E-state index in [4.69, 9.17) is 30.5 Å². The average molecular weight is 469 g/mol. The van der Waals surface area contributed by atoms with Crippen LogP contribution >= 0.6 is 11.6 Å². The zero-order valence-corrected chi connectivity index (χ0v) is 20.2. The van der Waals surface area contributed by atoms with Crippen molar-refractivity contribution in [3.63, 3.8) is 0 Å². The summed E-state index contributed by atoms with van der Waals surface area (Å²) in [5, 5.41) is 3.92. The van der Waals surface area contributed by atoms with Gasteiger partial charge in [-0.15, -0.1) is 0 Å². The van der Waals surface area contributed by atoms with Crippen LogP contribution in [0.1, 0.15) is 59.4 Å². The van der Waals surface area contributed by atoms with Gasteiger partial charge in [0, 0.05) is 44.6 Å². The minimum atomic E-state index is -0.598. The molecule has 0 aliphatic carbocycles. The Morgan fingerprint density at radius 3 is 2.53 bits per heavy atom. The Morgan fingerprint density at radius 2 is 1.94 bits per heavy atom. The molecule has 1 N–H and O–H groups in total. The van der Waals surface area contributed by atoms with Crippen LogP contribution in [0.3, 0.4) is 0 Å². The van der Waals surface area contributed by atoms with Gasteiger partial charge in [0.1, 0.15) is 11.2 Å². The average Bonchev–Trinajstić information content (AvgIpc) is 3.11. The first-order valence-corrected chi connectivity index (χ1v) is 11.4. The van der Waals surface area contributed by atoms with Gasteiger partial charge in [0.2, 0.25) is 5.28 Å². The van der Waals surface area contributed by atoms with Crippen molar-refractivity contribution in [3.8, 4) is 0 Å². The van der Waals surface area contributed by atoms with Crippen molar-refractivity contribution in [1.82, 2.24) is 19.9 Å². The molecular formula is C22H33ClN4O5. The van der Waals surface area contributed by atoms with Gasteiger partial charge in [0.25, 0.3) is 0 Å². The molecule has 3 rings (SSSR count). The second kappa shape index (κ2) is 10.3. The third-order valence-electron chi connectivity index (χ3n) is 5.28. The molecule has 10 heteroatoms. The second-order valence-electron chi connectivity index (χ2n) is 8.76. The fraction of sp³-hybridized carbons (Fsp3) is 0.682. The number of hydrogen-bond donors (Lipinski definition) is 1. The summed E-state index contributed by atoms with van der Waals surface area (Å²) in [5.41, 5.74) is 0.343. The maximum atomic E-state index is 12.5. The van der Waals surface area contributed by atoms with Gasteiger partial charge in [-0.2, -0.15) is 4.98 Å². The number of rotatable bonds is 8. The lowest BCUT2D eigenvalue weighted by Gasteiger charge is -2.41. The van der Waals surface area contributed by atoms with E-state index < -0.39 is 23.5 Å². The molecule has 1 aliphatic rings. The largest absolute Gasteiger partial charge is 0.444 e. The normalized spacial score (nSPS) is 16.5. The lowest BCUT2D eigenvalue weighted by Crippen LogP contribution is -2.50. The third-order valence-corrected chi connectivity index (χ3v) is 5.46. The number of nitrogens with zero attached hydrogens (tertiary/aromatic N) is 3. The van der Waals surface area contributed by atoms with Crippen molar-refractivity contribution in [3.05, 3.63) is 23.2 Å². The Bertz CT molecular complexity index is 915. The summed E-state index contributed by atoms with van der Waals surface area (Å²) in [5.74, 6) is 0. The number of hydrogen-bond acceptors (Lipinski definition) is 7. The molecule has 32 heavy (non-hydrogen) atoms. The maximum Gasteiger partial charge on any atom is 0.407 e. The highest BCUT2D eigenvalue weighted by atomic mass is 35.5. The van der Waals surface area contributed by atoms with Crippen molar-refractivity contribution in [2.24, 2.45) is 0 Å². The summed E-state index contributed by atoms with van der Waals surface area (Å²) in [6.07, 6.45) is 1.94. The number of carbonyl (C=O) groups excluding carboxylic acids is 1. The molecule has 0 spiro atoms. The summed E-state index contributed by atoms with van der Waals surface area (Å²) in [6, 6.07) is 1.96. The number of fused-ring (bicyclic) bond motifs is 1. The lowest BCUT2D eigenvalue weighted by molar-refractivity contribution is -0.146. The smallest absolute Gasteiger partial charge is 0.407 e. The first-order chi connectivity index (χ1) is 15.2. The van der Waals surface area contributed by atoms with E-state index in [0.717, 1.165) is 11.1 Å². The molecule has 3 heterocycles. The second-order valence-corrected chi connectivity index (χ2v) is 9.10. The predicted molar refractivity (Wildman–Crippen MR) is 121 cm³/mol. The van der Waals surface area contributed by atoms with Gasteiger partial charge >= 0.3 is 6.09 Å². The number of aromatic nitrogens is 3. The molecule has 2 aromatic heterocycles. The molecule has 178 valence electrons. The van der Waals surface area contributed by atoms with Gasteiger partial charge in [-0.1, -0.05) is 0 Å². The molecule has 2 aromatic rings. The predicted octanol–water partition coefficient (Wildman–Crippen LogP) is 4.19. The Balaban J connectivity index is 2.09. The van der Waals surface area contributed by atoms with Gasteiger partial charge in [-0.05, 0) is 65.1 Å². The minimum absolute atomic E-state index is 0.148. The van der Waals surface area contributed by atoms with Gasteiger partial charge in [0.05, 0.1) is 11.2 Å². The Hall–Kier alpha value is -1.94. The molecule has 0 saturated carbocycles. The third kappa shape index (κ3) is 5.70. The number of alkyl carbamates (subject to hydrolysis) is 1. The van der Waals surface area contributed by atoms with Crippen molar-refractivity contribution in [1.29, 1.82) is 0 Å². The van der Waals surface area contributed by atoms with Crippen molar-refractivity contribution in [2.75, 3.05) is 33.0 Å². The molecule has 1 aliphatic heterocycles. The van der Waals surface area contributed by atoms with Crippen LogP contribution in [0.5, 0.6) is 0 Å². The van der Waals surface area contributed by atoms with E-state index >= 15 is 0 Å². The molecule has 1 amide bonds. The number of amides is 1. The highest BCUT2D eigenvalue weighted by Crippen LogP contribution is 2.38. The Kier molecular flexibility index (Phi) is 7.97. The highest BCUT2D eigenvalue weighted by molar-refractivity contribution is 6.28. The van der Waals surface area contributed by atoms with Crippen LogP contribution in [-0.4, -0.2) is 59.2 Å². The highest BCUT2D eigenvalue weighted by Gasteiger charge is 2.40. The van der Waals surface area contributed by atoms with Crippen LogP contribution in [0.25, 0.3) is 11.0 Å². The fourth-order valence-corrected chi connectivity index (χ4v) is 4.09. The molecule has 0 unspecified atom stereocenters. The first kappa shape index (κ1) is 24.7. The number of ether oxygens (including phenoxy) is 4. The van der Waals surface area contributed by atoms with Gasteiger partial charge in [-0.25, -0.2) is 9.78 Å². The van der Waals surface area contributed by atoms with Crippen LogP contribution in [0.2, 0.25) is 5.28 Å². The van der Waals surface area contributed by atoms with E-state index in [9.17, 15) is 4.79 Å². The topological polar surface area (TPSA) is 96.7 Å². The van der Waals surface area contributed by atoms with Crippen LogP contribution in [0.4, 0.5) is 4.79 Å². The molecule has 0 atom stereocenters. The first-order valence-electron chi connectivity index (χ1n) is 11.0. The quantitative estimate of drug-likeness (QED) is 0.458. The molecular weight excluding hydrogens is 436 g/mol. The lowest BCUT2D eigenvalue weighted by atomic mass is 9.89. The van der Waals surface area contributed by atoms with E-state index in [2.05, 4.69) is 19.9 Å². The standard InChI is InChI=1S/C22H33ClN4O5/c1-6-30-18(31-7-2)16-12-15-13-24-19(23)26-17(15)27(16)22(8-10-29-11-9-22)14-25-20(28)32-21(3,4)5/h12-13,18H,6-11,14H2,1-5H3,(H,25,28). The van der Waals surface area contributed by atoms with E-state index in [1.807, 2.05) is 40.7 Å². The minimum Gasteiger partial charge on any atom is -0.444 e. The van der Waals surface area contributed by atoms with Crippen LogP contribution < -0.4 is 5.32 Å².